The molecule has 1 aromatic heterocycles. The van der Waals surface area contributed by atoms with Crippen LogP contribution in [0, 0.1) is 0 Å². The molecule has 1 unspecified atom stereocenters. The van der Waals surface area contributed by atoms with Crippen LogP contribution in [0.3, 0.4) is 0 Å². The Morgan fingerprint density at radius 1 is 1.71 bits per heavy atom. The number of halogens is 1. The zero-order chi connectivity index (χ0) is 12.8. The fourth-order valence-corrected chi connectivity index (χ4v) is 1.65. The van der Waals surface area contributed by atoms with Gasteiger partial charge in [0.25, 0.3) is 5.56 Å². The number of methoxy groups -OCH3 is 1. The summed E-state index contributed by atoms with van der Waals surface area (Å²) in [5, 5.41) is 7.16. The number of anilines is 1. The molecule has 0 aliphatic heterocycles. The van der Waals surface area contributed by atoms with E-state index in [9.17, 15) is 4.79 Å². The van der Waals surface area contributed by atoms with E-state index in [1.54, 1.807) is 13.3 Å². The first-order valence-electron chi connectivity index (χ1n) is 5.31. The van der Waals surface area contributed by atoms with Crippen LogP contribution in [0.25, 0.3) is 0 Å². The predicted molar refractivity (Wildman–Crippen MR) is 70.2 cm³/mol. The van der Waals surface area contributed by atoms with Gasteiger partial charge in [-0.3, -0.25) is 4.79 Å². The molecule has 0 radical (unpaired) electrons. The van der Waals surface area contributed by atoms with E-state index in [4.69, 9.17) is 10.5 Å². The van der Waals surface area contributed by atoms with Crippen LogP contribution in [-0.4, -0.2) is 36.1 Å². The Morgan fingerprint density at radius 3 is 3.00 bits per heavy atom. The Labute approximate surface area is 108 Å². The van der Waals surface area contributed by atoms with Crippen LogP contribution in [0.2, 0.25) is 0 Å². The molecule has 1 rings (SSSR count). The number of hydrogen-bond donors (Lipinski definition) is 2. The third-order valence-corrected chi connectivity index (χ3v) is 3.01. The zero-order valence-electron chi connectivity index (χ0n) is 9.94. The summed E-state index contributed by atoms with van der Waals surface area (Å²) in [7, 11) is 1.58. The fourth-order valence-electron chi connectivity index (χ4n) is 1.23. The highest BCUT2D eigenvalue weighted by atomic mass is 79.9. The highest BCUT2D eigenvalue weighted by Gasteiger charge is 2.10. The highest BCUT2D eigenvalue weighted by Crippen LogP contribution is 2.16. The van der Waals surface area contributed by atoms with Gasteiger partial charge in [0, 0.05) is 19.7 Å². The minimum atomic E-state index is -0.184. The minimum Gasteiger partial charge on any atom is -0.383 e. The molecule has 3 N–H and O–H groups in total. The van der Waals surface area contributed by atoms with Gasteiger partial charge in [-0.25, -0.2) is 4.68 Å². The lowest BCUT2D eigenvalue weighted by molar-refractivity contribution is 0.181. The average molecular weight is 305 g/mol. The van der Waals surface area contributed by atoms with Gasteiger partial charge in [0.2, 0.25) is 0 Å². The Bertz CT molecular complexity index is 421. The van der Waals surface area contributed by atoms with E-state index < -0.39 is 0 Å². The molecule has 6 nitrogen and oxygen atoms in total. The third kappa shape index (κ3) is 3.79. The van der Waals surface area contributed by atoms with Crippen LogP contribution in [0.1, 0.15) is 6.92 Å². The van der Waals surface area contributed by atoms with Crippen molar-refractivity contribution in [1.29, 1.82) is 0 Å². The molecule has 0 fully saturated rings. The lowest BCUT2D eigenvalue weighted by Crippen LogP contribution is -2.29. The van der Waals surface area contributed by atoms with Gasteiger partial charge in [-0.1, -0.05) is 0 Å². The van der Waals surface area contributed by atoms with Crippen molar-refractivity contribution >= 4 is 21.6 Å². The first-order valence-corrected chi connectivity index (χ1v) is 6.10. The number of hydrogen-bond acceptors (Lipinski definition) is 5. The molecule has 0 spiro atoms. The molecule has 0 aromatic carbocycles. The number of rotatable bonds is 6. The molecule has 17 heavy (non-hydrogen) atoms. The molecule has 1 atom stereocenters. The van der Waals surface area contributed by atoms with Gasteiger partial charge < -0.3 is 15.8 Å². The molecular formula is C10H17BrN4O2. The summed E-state index contributed by atoms with van der Waals surface area (Å²) in [5.74, 6) is 0. The molecule has 0 aliphatic rings. The summed E-state index contributed by atoms with van der Waals surface area (Å²) < 4.78 is 6.72. The molecular weight excluding hydrogens is 288 g/mol. The number of nitrogens with two attached hydrogens (primary N) is 1. The maximum atomic E-state index is 11.9. The van der Waals surface area contributed by atoms with E-state index in [2.05, 4.69) is 26.3 Å². The number of ether oxygens (including phenoxy) is 1. The molecule has 1 aromatic rings. The predicted octanol–water partition coefficient (Wildman–Crippen LogP) is 0.411. The van der Waals surface area contributed by atoms with Gasteiger partial charge in [0.1, 0.15) is 4.47 Å². The Morgan fingerprint density at radius 2 is 2.41 bits per heavy atom. The summed E-state index contributed by atoms with van der Waals surface area (Å²) in [4.78, 5) is 11.9. The van der Waals surface area contributed by atoms with Crippen LogP contribution in [0.15, 0.2) is 15.5 Å². The molecule has 0 aliphatic carbocycles. The number of nitrogens with one attached hydrogen (secondary N) is 1. The maximum Gasteiger partial charge on any atom is 0.283 e. The molecule has 0 bridgehead atoms. The van der Waals surface area contributed by atoms with Gasteiger partial charge in [0.05, 0.1) is 25.0 Å². The summed E-state index contributed by atoms with van der Waals surface area (Å²) >= 11 is 3.26. The fraction of sp³-hybridized carbons (Fsp3) is 0.600. The monoisotopic (exact) mass is 304 g/mol. The normalized spacial score (nSPS) is 12.5. The van der Waals surface area contributed by atoms with Gasteiger partial charge in [-0.05, 0) is 22.9 Å². The highest BCUT2D eigenvalue weighted by molar-refractivity contribution is 9.10. The summed E-state index contributed by atoms with van der Waals surface area (Å²) in [6.45, 7) is 3.30. The lowest BCUT2D eigenvalue weighted by atomic mass is 10.3. The van der Waals surface area contributed by atoms with E-state index in [0.717, 1.165) is 0 Å². The summed E-state index contributed by atoms with van der Waals surface area (Å²) in [6, 6.07) is 0.0855. The van der Waals surface area contributed by atoms with Gasteiger partial charge in [-0.15, -0.1) is 0 Å². The number of aromatic nitrogens is 2. The van der Waals surface area contributed by atoms with Crippen molar-refractivity contribution in [3.8, 4) is 0 Å². The van der Waals surface area contributed by atoms with Crippen molar-refractivity contribution in [2.45, 2.75) is 19.5 Å². The zero-order valence-corrected chi connectivity index (χ0v) is 11.5. The minimum absolute atomic E-state index is 0.0855. The Hall–Kier alpha value is -0.920. The second-order valence-corrected chi connectivity index (χ2v) is 4.47. The average Bonchev–Trinajstić information content (AvgIpc) is 2.34. The second kappa shape index (κ2) is 6.73. The van der Waals surface area contributed by atoms with Gasteiger partial charge >= 0.3 is 0 Å². The van der Waals surface area contributed by atoms with Crippen LogP contribution in [-0.2, 0) is 11.3 Å². The molecule has 96 valence electrons. The largest absolute Gasteiger partial charge is 0.383 e. The standard InChI is InChI=1S/C10H17BrN4O2/c1-7(5-12)14-8-6-13-15(3-4-17-2)10(16)9(8)11/h6-7,14H,3-5,12H2,1-2H3. The SMILES string of the molecule is COCCn1ncc(NC(C)CN)c(Br)c1=O. The molecule has 1 heterocycles. The first kappa shape index (κ1) is 14.1. The van der Waals surface area contributed by atoms with Crippen LogP contribution in [0.5, 0.6) is 0 Å². The number of nitrogens with zero attached hydrogens (tertiary/aromatic N) is 2. The molecule has 0 saturated heterocycles. The summed E-state index contributed by atoms with van der Waals surface area (Å²) in [6.07, 6.45) is 1.60. The first-order chi connectivity index (χ1) is 8.10. The Balaban J connectivity index is 2.90. The topological polar surface area (TPSA) is 82.2 Å². The van der Waals surface area contributed by atoms with E-state index in [1.165, 1.54) is 4.68 Å². The maximum absolute atomic E-state index is 11.9. The molecule has 0 amide bonds. The molecule has 7 heteroatoms. The van der Waals surface area contributed by atoms with Crippen molar-refractivity contribution in [1.82, 2.24) is 9.78 Å². The van der Waals surface area contributed by atoms with Crippen molar-refractivity contribution in [2.75, 3.05) is 25.6 Å². The van der Waals surface area contributed by atoms with Gasteiger partial charge in [0.15, 0.2) is 0 Å². The van der Waals surface area contributed by atoms with Crippen molar-refractivity contribution in [2.24, 2.45) is 5.73 Å². The smallest absolute Gasteiger partial charge is 0.283 e. The van der Waals surface area contributed by atoms with Gasteiger partial charge in [-0.2, -0.15) is 5.10 Å². The molecule has 0 saturated carbocycles. The summed E-state index contributed by atoms with van der Waals surface area (Å²) in [5.41, 5.74) is 5.98. The van der Waals surface area contributed by atoms with E-state index in [0.29, 0.717) is 29.9 Å². The van der Waals surface area contributed by atoms with Crippen molar-refractivity contribution in [3.05, 3.63) is 21.0 Å². The van der Waals surface area contributed by atoms with E-state index >= 15 is 0 Å². The second-order valence-electron chi connectivity index (χ2n) is 3.67. The van der Waals surface area contributed by atoms with Crippen LogP contribution >= 0.6 is 15.9 Å². The van der Waals surface area contributed by atoms with Crippen molar-refractivity contribution in [3.63, 3.8) is 0 Å². The van der Waals surface area contributed by atoms with E-state index in [-0.39, 0.29) is 11.6 Å². The van der Waals surface area contributed by atoms with Crippen LogP contribution in [0.4, 0.5) is 5.69 Å². The third-order valence-electron chi connectivity index (χ3n) is 2.25. The van der Waals surface area contributed by atoms with Crippen LogP contribution < -0.4 is 16.6 Å². The lowest BCUT2D eigenvalue weighted by Gasteiger charge is -2.14. The van der Waals surface area contributed by atoms with Crippen molar-refractivity contribution < 1.29 is 4.74 Å². The quantitative estimate of drug-likeness (QED) is 0.795. The van der Waals surface area contributed by atoms with E-state index in [1.807, 2.05) is 6.92 Å². The Kier molecular flexibility index (Phi) is 5.60.